The van der Waals surface area contributed by atoms with Crippen LogP contribution in [-0.4, -0.2) is 26.1 Å². The molecular formula is C29H37N3O3. The number of carbonyl (C=O) groups excluding carboxylic acids is 1. The Morgan fingerprint density at radius 1 is 1.06 bits per heavy atom. The minimum absolute atomic E-state index is 0.0282. The highest BCUT2D eigenvalue weighted by Gasteiger charge is 2.29. The highest BCUT2D eigenvalue weighted by atomic mass is 16.5. The van der Waals surface area contributed by atoms with Gasteiger partial charge in [0.05, 0.1) is 25.8 Å². The third-order valence-electron chi connectivity index (χ3n) is 6.69. The first-order valence-electron chi connectivity index (χ1n) is 12.2. The normalized spacial score (nSPS) is 15.9. The first kappa shape index (κ1) is 25.0. The van der Waals surface area contributed by atoms with Crippen molar-refractivity contribution in [1.29, 1.82) is 5.41 Å². The summed E-state index contributed by atoms with van der Waals surface area (Å²) < 4.78 is 9.72. The number of carbonyl (C=O) groups is 1. The molecule has 0 aliphatic carbocycles. The van der Waals surface area contributed by atoms with Gasteiger partial charge in [0, 0.05) is 35.0 Å². The summed E-state index contributed by atoms with van der Waals surface area (Å²) in [5.41, 5.74) is 3.95. The van der Waals surface area contributed by atoms with E-state index >= 15 is 0 Å². The largest absolute Gasteiger partial charge is 0.507 e. The van der Waals surface area contributed by atoms with Crippen molar-refractivity contribution < 1.29 is 14.6 Å². The van der Waals surface area contributed by atoms with E-state index in [9.17, 15) is 9.90 Å². The number of Topliss-reactive ketones (excluding diaryl/α,β-unsaturated/α-hetero) is 1. The number of fused-ring (bicyclic) bond motifs is 1. The summed E-state index contributed by atoms with van der Waals surface area (Å²) in [6.45, 7) is 13.5. The van der Waals surface area contributed by atoms with Crippen LogP contribution in [0.2, 0.25) is 0 Å². The van der Waals surface area contributed by atoms with Crippen LogP contribution in [0.3, 0.4) is 0 Å². The van der Waals surface area contributed by atoms with Gasteiger partial charge in [0.15, 0.2) is 5.78 Å². The Balaban J connectivity index is 1.52. The minimum atomic E-state index is -0.305. The highest BCUT2D eigenvalue weighted by molar-refractivity contribution is 5.96. The first-order chi connectivity index (χ1) is 16.3. The smallest absolute Gasteiger partial charge is 0.202 e. The Hall–Kier alpha value is -3.12. The van der Waals surface area contributed by atoms with Crippen molar-refractivity contribution in [1.82, 2.24) is 9.13 Å². The molecule has 1 unspecified atom stereocenters. The molecule has 3 aromatic rings. The lowest BCUT2D eigenvalue weighted by Gasteiger charge is -2.28. The molecule has 1 aliphatic rings. The minimum Gasteiger partial charge on any atom is -0.507 e. The Labute approximate surface area is 207 Å². The second-order valence-electron chi connectivity index (χ2n) is 11.6. The van der Waals surface area contributed by atoms with Gasteiger partial charge < -0.3 is 19.0 Å². The molecule has 186 valence electrons. The second kappa shape index (κ2) is 9.15. The maximum absolute atomic E-state index is 13.4. The van der Waals surface area contributed by atoms with Gasteiger partial charge in [-0.2, -0.15) is 0 Å². The van der Waals surface area contributed by atoms with Crippen LogP contribution in [0.1, 0.15) is 74.3 Å². The molecule has 2 N–H and O–H groups in total. The molecule has 0 spiro atoms. The van der Waals surface area contributed by atoms with Crippen molar-refractivity contribution in [2.24, 2.45) is 0 Å². The van der Waals surface area contributed by atoms with Gasteiger partial charge in [0.1, 0.15) is 5.75 Å². The molecule has 6 nitrogen and oxygen atoms in total. The van der Waals surface area contributed by atoms with E-state index in [2.05, 4.69) is 0 Å². The summed E-state index contributed by atoms with van der Waals surface area (Å²) in [6.07, 6.45) is 2.66. The van der Waals surface area contributed by atoms with Gasteiger partial charge in [-0.25, -0.2) is 0 Å². The first-order valence-corrected chi connectivity index (χ1v) is 12.2. The van der Waals surface area contributed by atoms with Gasteiger partial charge in [-0.3, -0.25) is 10.2 Å². The Bertz CT molecular complexity index is 1250. The Morgan fingerprint density at radius 3 is 2.20 bits per heavy atom. The number of rotatable bonds is 6. The third-order valence-corrected chi connectivity index (χ3v) is 6.69. The van der Waals surface area contributed by atoms with E-state index in [-0.39, 0.29) is 35.0 Å². The molecule has 6 heteroatoms. The molecule has 0 bridgehead atoms. The lowest BCUT2D eigenvalue weighted by molar-refractivity contribution is 0.0408. The van der Waals surface area contributed by atoms with Gasteiger partial charge in [0.2, 0.25) is 5.62 Å². The van der Waals surface area contributed by atoms with Crippen LogP contribution in [0.5, 0.6) is 5.75 Å². The van der Waals surface area contributed by atoms with Crippen molar-refractivity contribution in [3.8, 4) is 5.75 Å². The molecule has 1 aromatic heterocycles. The number of phenolic OH excluding ortho intramolecular Hbond substituents is 1. The topological polar surface area (TPSA) is 80.2 Å². The van der Waals surface area contributed by atoms with Crippen LogP contribution in [0, 0.1) is 5.41 Å². The number of hydrogen-bond acceptors (Lipinski definition) is 4. The highest BCUT2D eigenvalue weighted by Crippen LogP contribution is 2.40. The number of nitrogens with one attached hydrogen (secondary N) is 1. The van der Waals surface area contributed by atoms with Crippen LogP contribution in [0.25, 0.3) is 0 Å². The van der Waals surface area contributed by atoms with Crippen molar-refractivity contribution in [3.05, 3.63) is 82.2 Å². The zero-order valence-electron chi connectivity index (χ0n) is 21.7. The van der Waals surface area contributed by atoms with E-state index in [1.165, 1.54) is 0 Å². The van der Waals surface area contributed by atoms with Gasteiger partial charge in [-0.05, 0) is 28.5 Å². The molecular weight excluding hydrogens is 438 g/mol. The molecule has 1 aliphatic heterocycles. The van der Waals surface area contributed by atoms with Crippen molar-refractivity contribution in [3.63, 3.8) is 0 Å². The maximum atomic E-state index is 13.4. The maximum Gasteiger partial charge on any atom is 0.202 e. The summed E-state index contributed by atoms with van der Waals surface area (Å²) in [6, 6.07) is 13.7. The number of imidazole rings is 1. The van der Waals surface area contributed by atoms with E-state index in [0.29, 0.717) is 24.3 Å². The van der Waals surface area contributed by atoms with Crippen molar-refractivity contribution in [2.75, 3.05) is 0 Å². The predicted molar refractivity (Wildman–Crippen MR) is 137 cm³/mol. The second-order valence-corrected chi connectivity index (χ2v) is 11.6. The Kier molecular flexibility index (Phi) is 6.54. The lowest BCUT2D eigenvalue weighted by atomic mass is 9.78. The average Bonchev–Trinajstić information content (AvgIpc) is 3.30. The molecule has 0 radical (unpaired) electrons. The third kappa shape index (κ3) is 5.27. The average molecular weight is 476 g/mol. The molecule has 1 atom stereocenters. The van der Waals surface area contributed by atoms with Crippen LogP contribution >= 0.6 is 0 Å². The summed E-state index contributed by atoms with van der Waals surface area (Å²) in [4.78, 5) is 13.4. The van der Waals surface area contributed by atoms with E-state index in [1.54, 1.807) is 4.57 Å². The quantitative estimate of drug-likeness (QED) is 0.487. The molecule has 0 fully saturated rings. The zero-order chi connectivity index (χ0) is 25.5. The van der Waals surface area contributed by atoms with Crippen molar-refractivity contribution >= 4 is 5.78 Å². The summed E-state index contributed by atoms with van der Waals surface area (Å²) in [5, 5.41) is 19.6. The SMILES string of the molecule is CC(C)(C)c1cc(C(=O)Cn2cc3n(c2=N)CC(OCc2ccccc2)C3)cc(C(C)(C)C)c1O. The van der Waals surface area contributed by atoms with E-state index in [0.717, 1.165) is 28.8 Å². The number of aromatic nitrogens is 2. The van der Waals surface area contributed by atoms with Crippen molar-refractivity contribution in [2.45, 2.75) is 84.6 Å². The van der Waals surface area contributed by atoms with Crippen LogP contribution in [0.15, 0.2) is 48.7 Å². The van der Waals surface area contributed by atoms with Gasteiger partial charge in [-0.15, -0.1) is 0 Å². The number of ketones is 1. The predicted octanol–water partition coefficient (Wildman–Crippen LogP) is 5.09. The number of aromatic hydroxyl groups is 1. The molecule has 4 rings (SSSR count). The molecule has 2 heterocycles. The van der Waals surface area contributed by atoms with Crippen LogP contribution in [-0.2, 0) is 41.7 Å². The summed E-state index contributed by atoms with van der Waals surface area (Å²) >= 11 is 0. The van der Waals surface area contributed by atoms with Crippen LogP contribution in [0.4, 0.5) is 0 Å². The summed E-state index contributed by atoms with van der Waals surface area (Å²) in [5.74, 6) is 0.195. The molecule has 0 amide bonds. The molecule has 0 saturated carbocycles. The number of phenols is 1. The van der Waals surface area contributed by atoms with E-state index in [1.807, 2.05) is 94.8 Å². The van der Waals surface area contributed by atoms with E-state index < -0.39 is 0 Å². The standard InChI is InChI=1S/C29H37N3O3/c1-28(2,3)23-12-20(13-24(26(23)34)29(4,5)6)25(33)17-31-15-21-14-22(16-32(21)27(31)30)35-18-19-10-8-7-9-11-19/h7-13,15,22,30,34H,14,16-18H2,1-6H3. The van der Waals surface area contributed by atoms with E-state index in [4.69, 9.17) is 10.1 Å². The van der Waals surface area contributed by atoms with Gasteiger partial charge >= 0.3 is 0 Å². The fraction of sp³-hybridized carbons (Fsp3) is 0.448. The molecule has 0 saturated heterocycles. The van der Waals surface area contributed by atoms with Gasteiger partial charge in [0.25, 0.3) is 0 Å². The number of nitrogens with zero attached hydrogens (tertiary/aromatic N) is 2. The number of hydrogen-bond donors (Lipinski definition) is 2. The molecule has 2 aromatic carbocycles. The lowest BCUT2D eigenvalue weighted by Crippen LogP contribution is -2.29. The Morgan fingerprint density at radius 2 is 1.66 bits per heavy atom. The molecule has 35 heavy (non-hydrogen) atoms. The van der Waals surface area contributed by atoms with Gasteiger partial charge in [-0.1, -0.05) is 71.9 Å². The summed E-state index contributed by atoms with van der Waals surface area (Å²) in [7, 11) is 0. The fourth-order valence-electron chi connectivity index (χ4n) is 4.68. The van der Waals surface area contributed by atoms with Crippen LogP contribution < -0.4 is 5.62 Å². The monoisotopic (exact) mass is 475 g/mol. The number of ether oxygens (including phenoxy) is 1. The zero-order valence-corrected chi connectivity index (χ0v) is 21.7. The fourth-order valence-corrected chi connectivity index (χ4v) is 4.68. The number of benzene rings is 2.